The van der Waals surface area contributed by atoms with Crippen LogP contribution in [0, 0.1) is 5.92 Å². The van der Waals surface area contributed by atoms with Crippen LogP contribution in [-0.4, -0.2) is 48.0 Å². The van der Waals surface area contributed by atoms with E-state index in [1.54, 1.807) is 0 Å². The molecule has 2 atom stereocenters. The molecule has 1 aliphatic heterocycles. The number of carbonyl (C=O) groups excluding carboxylic acids is 1. The quantitative estimate of drug-likeness (QED) is 0.697. The molecule has 0 radical (unpaired) electrons. The van der Waals surface area contributed by atoms with Crippen LogP contribution in [0.3, 0.4) is 0 Å². The highest BCUT2D eigenvalue weighted by atomic mass is 16.1. The molecule has 0 aliphatic carbocycles. The van der Waals surface area contributed by atoms with Crippen LogP contribution in [0.2, 0.25) is 0 Å². The lowest BCUT2D eigenvalue weighted by atomic mass is 9.90. The van der Waals surface area contributed by atoms with Crippen molar-refractivity contribution in [2.75, 3.05) is 34.8 Å². The third kappa shape index (κ3) is 4.62. The number of hydrogen-bond acceptors (Lipinski definition) is 5. The van der Waals surface area contributed by atoms with Gasteiger partial charge in [0.05, 0.1) is 11.7 Å². The number of piperidine rings is 1. The summed E-state index contributed by atoms with van der Waals surface area (Å²) in [6.07, 6.45) is 6.80. The Balaban J connectivity index is 1.70. The molecular formula is C21H31N5O. The number of pyridine rings is 1. The lowest BCUT2D eigenvalue weighted by Gasteiger charge is -2.39. The topological polar surface area (TPSA) is 64.3 Å². The minimum absolute atomic E-state index is 0.0712. The third-order valence-corrected chi connectivity index (χ3v) is 5.19. The van der Waals surface area contributed by atoms with Crippen LogP contribution >= 0.6 is 0 Å². The van der Waals surface area contributed by atoms with Crippen LogP contribution in [-0.2, 0) is 4.79 Å². The maximum atomic E-state index is 11.7. The summed E-state index contributed by atoms with van der Waals surface area (Å²) in [6.45, 7) is 9.15. The van der Waals surface area contributed by atoms with E-state index >= 15 is 0 Å². The molecule has 146 valence electrons. The molecule has 0 aromatic carbocycles. The zero-order valence-corrected chi connectivity index (χ0v) is 16.6. The van der Waals surface area contributed by atoms with E-state index in [1.807, 2.05) is 30.6 Å². The number of aromatic amines is 1. The summed E-state index contributed by atoms with van der Waals surface area (Å²) >= 11 is 0. The van der Waals surface area contributed by atoms with Gasteiger partial charge in [0.25, 0.3) is 0 Å². The lowest BCUT2D eigenvalue weighted by molar-refractivity contribution is -0.109. The average Bonchev–Trinajstić information content (AvgIpc) is 3.20. The van der Waals surface area contributed by atoms with Gasteiger partial charge in [0, 0.05) is 38.1 Å². The number of nitrogens with zero attached hydrogens (tertiary/aromatic N) is 3. The molecule has 1 saturated heterocycles. The van der Waals surface area contributed by atoms with Gasteiger partial charge in [0.15, 0.2) is 5.82 Å². The van der Waals surface area contributed by atoms with E-state index in [0.29, 0.717) is 12.0 Å². The molecule has 0 spiro atoms. The van der Waals surface area contributed by atoms with Crippen molar-refractivity contribution in [1.82, 2.24) is 9.97 Å². The number of carbonyl (C=O) groups is 1. The van der Waals surface area contributed by atoms with Crippen molar-refractivity contribution in [1.29, 1.82) is 0 Å². The summed E-state index contributed by atoms with van der Waals surface area (Å²) in [5.41, 5.74) is 1.07. The van der Waals surface area contributed by atoms with E-state index in [4.69, 9.17) is 0 Å². The smallest absolute Gasteiger partial charge is 0.151 e. The fourth-order valence-corrected chi connectivity index (χ4v) is 3.92. The summed E-state index contributed by atoms with van der Waals surface area (Å²) in [7, 11) is 0. The van der Waals surface area contributed by atoms with E-state index in [9.17, 15) is 4.79 Å². The molecule has 0 bridgehead atoms. The number of hydrogen-bond donors (Lipinski definition) is 2. The second-order valence-electron chi connectivity index (χ2n) is 7.55. The maximum absolute atomic E-state index is 11.7. The highest BCUT2D eigenvalue weighted by Crippen LogP contribution is 2.30. The molecule has 2 aromatic heterocycles. The highest BCUT2D eigenvalue weighted by molar-refractivity contribution is 5.67. The molecule has 2 N–H and O–H groups in total. The Hall–Kier alpha value is -2.50. The number of aldehydes is 1. The Morgan fingerprint density at radius 2 is 2.26 bits per heavy atom. The van der Waals surface area contributed by atoms with Gasteiger partial charge >= 0.3 is 0 Å². The molecule has 2 aromatic rings. The standard InChI is InChI=1S/C21H31N5O/c1-4-25(21-19(24-16(2)3)7-5-11-23-21)14-17-9-12-26(18(13-17)15-27)20-8-6-10-22-20/h5-8,10-11,15-18,22,24H,4,9,12-14H2,1-3H3. The normalized spacial score (nSPS) is 19.9. The summed E-state index contributed by atoms with van der Waals surface area (Å²) < 4.78 is 0. The lowest BCUT2D eigenvalue weighted by Crippen LogP contribution is -2.46. The second-order valence-corrected chi connectivity index (χ2v) is 7.55. The van der Waals surface area contributed by atoms with Crippen molar-refractivity contribution in [3.8, 4) is 0 Å². The monoisotopic (exact) mass is 369 g/mol. The summed E-state index contributed by atoms with van der Waals surface area (Å²) in [4.78, 5) is 24.1. The predicted octanol–water partition coefficient (Wildman–Crippen LogP) is 3.54. The first-order valence-corrected chi connectivity index (χ1v) is 9.94. The van der Waals surface area contributed by atoms with Gasteiger partial charge in [-0.05, 0) is 63.8 Å². The molecule has 1 fully saturated rings. The van der Waals surface area contributed by atoms with E-state index in [0.717, 1.165) is 56.1 Å². The van der Waals surface area contributed by atoms with E-state index < -0.39 is 0 Å². The van der Waals surface area contributed by atoms with Gasteiger partial charge < -0.3 is 24.9 Å². The Morgan fingerprint density at radius 3 is 2.93 bits per heavy atom. The van der Waals surface area contributed by atoms with Crippen LogP contribution in [0.25, 0.3) is 0 Å². The number of H-pyrrole nitrogens is 1. The average molecular weight is 370 g/mol. The third-order valence-electron chi connectivity index (χ3n) is 5.19. The van der Waals surface area contributed by atoms with E-state index in [2.05, 4.69) is 51.9 Å². The number of aromatic nitrogens is 2. The van der Waals surface area contributed by atoms with Crippen molar-refractivity contribution in [2.24, 2.45) is 5.92 Å². The van der Waals surface area contributed by atoms with Gasteiger partial charge in [-0.3, -0.25) is 0 Å². The maximum Gasteiger partial charge on any atom is 0.151 e. The van der Waals surface area contributed by atoms with E-state index in [-0.39, 0.29) is 6.04 Å². The van der Waals surface area contributed by atoms with E-state index in [1.165, 1.54) is 0 Å². The summed E-state index contributed by atoms with van der Waals surface area (Å²) in [5.74, 6) is 2.51. The Bertz CT molecular complexity index is 715. The molecular weight excluding hydrogens is 338 g/mol. The van der Waals surface area contributed by atoms with Gasteiger partial charge in [-0.1, -0.05) is 0 Å². The van der Waals surface area contributed by atoms with Gasteiger partial charge in [0.2, 0.25) is 0 Å². The zero-order chi connectivity index (χ0) is 19.2. The predicted molar refractivity (Wildman–Crippen MR) is 112 cm³/mol. The van der Waals surface area contributed by atoms with Crippen LogP contribution in [0.1, 0.15) is 33.6 Å². The van der Waals surface area contributed by atoms with Crippen molar-refractivity contribution >= 4 is 23.6 Å². The fourth-order valence-electron chi connectivity index (χ4n) is 3.92. The van der Waals surface area contributed by atoms with Crippen molar-refractivity contribution in [3.05, 3.63) is 36.7 Å². The van der Waals surface area contributed by atoms with Gasteiger partial charge in [0.1, 0.15) is 12.1 Å². The number of rotatable bonds is 8. The molecule has 0 amide bonds. The summed E-state index contributed by atoms with van der Waals surface area (Å²) in [5, 5.41) is 3.50. The zero-order valence-electron chi connectivity index (χ0n) is 16.6. The van der Waals surface area contributed by atoms with Gasteiger partial charge in [-0.15, -0.1) is 0 Å². The molecule has 0 saturated carbocycles. The molecule has 2 unspecified atom stereocenters. The molecule has 3 rings (SSSR count). The minimum Gasteiger partial charge on any atom is -0.380 e. The van der Waals surface area contributed by atoms with Crippen molar-refractivity contribution < 1.29 is 4.79 Å². The molecule has 1 aliphatic rings. The number of anilines is 3. The highest BCUT2D eigenvalue weighted by Gasteiger charge is 2.30. The second kappa shape index (κ2) is 8.93. The molecule has 6 nitrogen and oxygen atoms in total. The molecule has 6 heteroatoms. The first kappa shape index (κ1) is 19.3. The van der Waals surface area contributed by atoms with Crippen molar-refractivity contribution in [3.63, 3.8) is 0 Å². The largest absolute Gasteiger partial charge is 0.380 e. The van der Waals surface area contributed by atoms with Gasteiger partial charge in [-0.2, -0.15) is 0 Å². The summed E-state index contributed by atoms with van der Waals surface area (Å²) in [6, 6.07) is 8.36. The van der Waals surface area contributed by atoms with Crippen LogP contribution in [0.15, 0.2) is 36.7 Å². The fraction of sp³-hybridized carbons (Fsp3) is 0.524. The molecule has 27 heavy (non-hydrogen) atoms. The van der Waals surface area contributed by atoms with Crippen LogP contribution < -0.4 is 15.1 Å². The first-order valence-electron chi connectivity index (χ1n) is 9.94. The number of nitrogens with one attached hydrogen (secondary N) is 2. The van der Waals surface area contributed by atoms with Crippen LogP contribution in [0.4, 0.5) is 17.3 Å². The van der Waals surface area contributed by atoms with Crippen molar-refractivity contribution in [2.45, 2.75) is 45.7 Å². The Morgan fingerprint density at radius 1 is 1.41 bits per heavy atom. The Labute approximate surface area is 162 Å². The SMILES string of the molecule is CCN(CC1CCN(c2ccc[nH]2)C(C=O)C1)c1ncccc1NC(C)C. The molecule has 3 heterocycles. The van der Waals surface area contributed by atoms with Crippen LogP contribution in [0.5, 0.6) is 0 Å². The minimum atomic E-state index is -0.0712. The first-order chi connectivity index (χ1) is 13.1. The Kier molecular flexibility index (Phi) is 6.37. The van der Waals surface area contributed by atoms with Gasteiger partial charge in [-0.25, -0.2) is 4.98 Å².